The van der Waals surface area contributed by atoms with Crippen LogP contribution in [-0.4, -0.2) is 15.3 Å². The Balaban J connectivity index is 1.65. The number of benzene rings is 1. The Bertz CT molecular complexity index is 735. The van der Waals surface area contributed by atoms with Crippen LogP contribution in [0.4, 0.5) is 5.69 Å². The summed E-state index contributed by atoms with van der Waals surface area (Å²) < 4.78 is 14.6. The van der Waals surface area contributed by atoms with Crippen molar-refractivity contribution < 1.29 is 13.9 Å². The molecule has 1 N–H and O–H groups in total. The quantitative estimate of drug-likeness (QED) is 0.798. The number of aromatic nitrogens is 2. The summed E-state index contributed by atoms with van der Waals surface area (Å²) in [6.45, 7) is 1.80. The summed E-state index contributed by atoms with van der Waals surface area (Å²) in [5, 5.41) is 3.21. The molecule has 1 aromatic carbocycles. The highest BCUT2D eigenvalue weighted by molar-refractivity contribution is 7.07. The summed E-state index contributed by atoms with van der Waals surface area (Å²) in [6.07, 6.45) is 1.45. The Morgan fingerprint density at radius 2 is 2.10 bits per heavy atom. The lowest BCUT2D eigenvalue weighted by Crippen LogP contribution is -2.10. The first-order chi connectivity index (χ1) is 10.2. The maximum Gasteiger partial charge on any atom is 0.298 e. The number of anilines is 1. The first-order valence-electron chi connectivity index (χ1n) is 6.14. The van der Waals surface area contributed by atoms with Crippen LogP contribution in [0.3, 0.4) is 0 Å². The number of hydrogen-bond donors (Lipinski definition) is 1. The second-order valence-corrected chi connectivity index (χ2v) is 4.88. The van der Waals surface area contributed by atoms with Crippen molar-refractivity contribution in [3.63, 3.8) is 0 Å². The van der Waals surface area contributed by atoms with Crippen molar-refractivity contribution >= 4 is 23.1 Å². The molecule has 0 radical (unpaired) electrons. The molecule has 0 fully saturated rings. The van der Waals surface area contributed by atoms with Gasteiger partial charge in [0.1, 0.15) is 11.6 Å². The molecule has 0 saturated heterocycles. The molecule has 106 valence electrons. The highest BCUT2D eigenvalue weighted by Gasteiger charge is 2.09. The number of carbonyl (C=O) groups is 1. The third-order valence-corrected chi connectivity index (χ3v) is 3.26. The molecule has 0 aliphatic rings. The zero-order chi connectivity index (χ0) is 14.7. The Labute approximate surface area is 124 Å². The number of nitrogens with one attached hydrogen (secondary N) is 1. The van der Waals surface area contributed by atoms with Crippen LogP contribution < -0.4 is 10.1 Å². The van der Waals surface area contributed by atoms with Crippen LogP contribution in [0.2, 0.25) is 0 Å². The van der Waals surface area contributed by atoms with Gasteiger partial charge in [-0.1, -0.05) is 0 Å². The lowest BCUT2D eigenvalue weighted by molar-refractivity contribution is 0.0996. The van der Waals surface area contributed by atoms with Crippen molar-refractivity contribution in [2.45, 2.75) is 6.92 Å². The van der Waals surface area contributed by atoms with Gasteiger partial charge in [-0.3, -0.25) is 4.79 Å². The molecule has 3 rings (SSSR count). The van der Waals surface area contributed by atoms with E-state index in [0.29, 0.717) is 22.5 Å². The van der Waals surface area contributed by atoms with Crippen molar-refractivity contribution in [1.82, 2.24) is 9.36 Å². The number of hydrogen-bond acceptors (Lipinski definition) is 6. The summed E-state index contributed by atoms with van der Waals surface area (Å²) in [5.41, 5.74) is 0.650. The van der Waals surface area contributed by atoms with E-state index in [-0.39, 0.29) is 11.7 Å². The summed E-state index contributed by atoms with van der Waals surface area (Å²) in [5.74, 6) is 1.27. The smallest absolute Gasteiger partial charge is 0.298 e. The van der Waals surface area contributed by atoms with Crippen LogP contribution in [0, 0.1) is 6.92 Å². The maximum absolute atomic E-state index is 11.8. The number of ether oxygens (including phenoxy) is 1. The molecule has 0 aliphatic heterocycles. The summed E-state index contributed by atoms with van der Waals surface area (Å²) in [7, 11) is 0. The molecule has 3 aromatic rings. The van der Waals surface area contributed by atoms with E-state index in [1.807, 2.05) is 0 Å². The van der Waals surface area contributed by atoms with Crippen molar-refractivity contribution in [2.75, 3.05) is 5.32 Å². The summed E-state index contributed by atoms with van der Waals surface area (Å²) in [4.78, 5) is 15.9. The predicted molar refractivity (Wildman–Crippen MR) is 77.8 cm³/mol. The molecule has 0 saturated carbocycles. The summed E-state index contributed by atoms with van der Waals surface area (Å²) >= 11 is 1.19. The average molecular weight is 301 g/mol. The molecular formula is C14H11N3O3S. The van der Waals surface area contributed by atoms with Crippen molar-refractivity contribution in [3.8, 4) is 10.9 Å². The van der Waals surface area contributed by atoms with E-state index in [9.17, 15) is 4.79 Å². The van der Waals surface area contributed by atoms with E-state index in [2.05, 4.69) is 14.7 Å². The van der Waals surface area contributed by atoms with Crippen molar-refractivity contribution in [1.29, 1.82) is 0 Å². The minimum atomic E-state index is -0.298. The van der Waals surface area contributed by atoms with Crippen LogP contribution in [-0.2, 0) is 0 Å². The fraction of sp³-hybridized carbons (Fsp3) is 0.0714. The monoisotopic (exact) mass is 301 g/mol. The molecule has 7 heteroatoms. The highest BCUT2D eigenvalue weighted by atomic mass is 32.1. The first kappa shape index (κ1) is 13.3. The van der Waals surface area contributed by atoms with Gasteiger partial charge in [-0.25, -0.2) is 0 Å². The Kier molecular flexibility index (Phi) is 3.65. The van der Waals surface area contributed by atoms with E-state index in [1.165, 1.54) is 17.8 Å². The number of nitrogens with zero attached hydrogens (tertiary/aromatic N) is 2. The molecule has 21 heavy (non-hydrogen) atoms. The fourth-order valence-corrected chi connectivity index (χ4v) is 2.18. The molecule has 0 atom stereocenters. The number of rotatable bonds is 4. The van der Waals surface area contributed by atoms with Crippen LogP contribution in [0.1, 0.15) is 16.4 Å². The number of amides is 1. The van der Waals surface area contributed by atoms with Gasteiger partial charge in [0.25, 0.3) is 11.1 Å². The second-order valence-electron chi connectivity index (χ2n) is 4.17. The molecule has 0 spiro atoms. The Morgan fingerprint density at radius 3 is 2.71 bits per heavy atom. The number of aryl methyl sites for hydroxylation is 1. The Morgan fingerprint density at radius 1 is 1.29 bits per heavy atom. The van der Waals surface area contributed by atoms with Gasteiger partial charge in [0.2, 0.25) is 0 Å². The van der Waals surface area contributed by atoms with Gasteiger partial charge < -0.3 is 14.5 Å². The molecule has 0 unspecified atom stereocenters. The van der Waals surface area contributed by atoms with Gasteiger partial charge in [-0.15, -0.1) is 0 Å². The molecule has 6 nitrogen and oxygen atoms in total. The second kappa shape index (κ2) is 5.76. The fourth-order valence-electron chi connectivity index (χ4n) is 1.63. The van der Waals surface area contributed by atoms with Gasteiger partial charge in [-0.2, -0.15) is 9.36 Å². The van der Waals surface area contributed by atoms with E-state index >= 15 is 0 Å². The van der Waals surface area contributed by atoms with E-state index in [4.69, 9.17) is 9.15 Å². The van der Waals surface area contributed by atoms with E-state index < -0.39 is 0 Å². The summed E-state index contributed by atoms with van der Waals surface area (Å²) in [6, 6.07) is 10.2. The minimum absolute atomic E-state index is 0.264. The molecule has 0 aliphatic carbocycles. The topological polar surface area (TPSA) is 77.2 Å². The predicted octanol–water partition coefficient (Wildman–Crippen LogP) is 3.48. The largest absolute Gasteiger partial charge is 0.459 e. The van der Waals surface area contributed by atoms with Gasteiger partial charge in [0.15, 0.2) is 5.76 Å². The van der Waals surface area contributed by atoms with Crippen molar-refractivity contribution in [3.05, 3.63) is 54.2 Å². The first-order valence-corrected chi connectivity index (χ1v) is 6.91. The van der Waals surface area contributed by atoms with Gasteiger partial charge in [0, 0.05) is 17.2 Å². The minimum Gasteiger partial charge on any atom is -0.459 e. The zero-order valence-electron chi connectivity index (χ0n) is 11.1. The Hall–Kier alpha value is -2.67. The van der Waals surface area contributed by atoms with Crippen LogP contribution in [0.15, 0.2) is 47.1 Å². The zero-order valence-corrected chi connectivity index (χ0v) is 11.9. The lowest BCUT2D eigenvalue weighted by atomic mass is 10.3. The molecule has 2 aromatic heterocycles. The van der Waals surface area contributed by atoms with E-state index in [0.717, 1.165) is 0 Å². The molecule has 1 amide bonds. The van der Waals surface area contributed by atoms with Gasteiger partial charge in [0.05, 0.1) is 6.26 Å². The standard InChI is InChI=1S/C14H11N3O3S/c1-9-15-14(21-17-9)20-11-6-4-10(5-7-11)16-13(18)12-3-2-8-19-12/h2-8H,1H3,(H,16,18). The third-order valence-electron chi connectivity index (χ3n) is 2.57. The molecular weight excluding hydrogens is 290 g/mol. The third kappa shape index (κ3) is 3.26. The van der Waals surface area contributed by atoms with Gasteiger partial charge in [-0.05, 0) is 43.3 Å². The van der Waals surface area contributed by atoms with Crippen LogP contribution in [0.25, 0.3) is 0 Å². The van der Waals surface area contributed by atoms with Crippen LogP contribution >= 0.6 is 11.5 Å². The van der Waals surface area contributed by atoms with E-state index in [1.54, 1.807) is 43.3 Å². The maximum atomic E-state index is 11.8. The number of furan rings is 1. The van der Waals surface area contributed by atoms with Gasteiger partial charge >= 0.3 is 0 Å². The van der Waals surface area contributed by atoms with Crippen molar-refractivity contribution in [2.24, 2.45) is 0 Å². The number of carbonyl (C=O) groups excluding carboxylic acids is 1. The SMILES string of the molecule is Cc1nsc(Oc2ccc(NC(=O)c3ccco3)cc2)n1. The molecule has 2 heterocycles. The normalized spacial score (nSPS) is 10.3. The lowest BCUT2D eigenvalue weighted by Gasteiger charge is -2.05. The average Bonchev–Trinajstić information content (AvgIpc) is 3.13. The van der Waals surface area contributed by atoms with Crippen LogP contribution in [0.5, 0.6) is 10.9 Å². The molecule has 0 bridgehead atoms. The highest BCUT2D eigenvalue weighted by Crippen LogP contribution is 2.24.